The van der Waals surface area contributed by atoms with Gasteiger partial charge in [0.2, 0.25) is 0 Å². The summed E-state index contributed by atoms with van der Waals surface area (Å²) in [6.45, 7) is 3.69. The quantitative estimate of drug-likeness (QED) is 0.851. The van der Waals surface area contributed by atoms with E-state index in [1.54, 1.807) is 38.1 Å². The van der Waals surface area contributed by atoms with E-state index in [0.29, 0.717) is 33.9 Å². The van der Waals surface area contributed by atoms with Crippen molar-refractivity contribution in [1.82, 2.24) is 5.32 Å². The Morgan fingerprint density at radius 3 is 2.48 bits per heavy atom. The molecule has 0 aliphatic carbocycles. The Morgan fingerprint density at radius 2 is 1.86 bits per heavy atom. The highest BCUT2D eigenvalue weighted by Crippen LogP contribution is 2.18. The van der Waals surface area contributed by atoms with Gasteiger partial charge < -0.3 is 11.1 Å². The fourth-order valence-corrected chi connectivity index (χ4v) is 2.31. The number of amides is 1. The molecule has 0 radical (unpaired) electrons. The van der Waals surface area contributed by atoms with Gasteiger partial charge in [-0.2, -0.15) is 0 Å². The molecule has 0 saturated heterocycles. The number of nitrogens with two attached hydrogens (primary N) is 1. The largest absolute Gasteiger partial charge is 0.398 e. The zero-order valence-corrected chi connectivity index (χ0v) is 12.6. The van der Waals surface area contributed by atoms with Crippen molar-refractivity contribution < 1.29 is 9.18 Å². The second-order valence-electron chi connectivity index (χ2n) is 4.96. The molecule has 0 aliphatic rings. The molecule has 0 aromatic heterocycles. The number of halogens is 2. The molecule has 21 heavy (non-hydrogen) atoms. The van der Waals surface area contributed by atoms with Gasteiger partial charge in [0.15, 0.2) is 0 Å². The van der Waals surface area contributed by atoms with Crippen molar-refractivity contribution in [3.05, 3.63) is 63.4 Å². The van der Waals surface area contributed by atoms with E-state index in [1.165, 1.54) is 6.07 Å². The smallest absolute Gasteiger partial charge is 0.253 e. The van der Waals surface area contributed by atoms with Gasteiger partial charge in [-0.25, -0.2) is 4.39 Å². The minimum absolute atomic E-state index is 0.218. The minimum Gasteiger partial charge on any atom is -0.398 e. The molecule has 5 heteroatoms. The van der Waals surface area contributed by atoms with Crippen LogP contribution in [-0.4, -0.2) is 5.91 Å². The molecular formula is C16H16ClFN2O. The van der Waals surface area contributed by atoms with Gasteiger partial charge in [0, 0.05) is 17.3 Å². The monoisotopic (exact) mass is 306 g/mol. The van der Waals surface area contributed by atoms with Crippen LogP contribution in [0.4, 0.5) is 10.1 Å². The fourth-order valence-electron chi connectivity index (χ4n) is 2.14. The third kappa shape index (κ3) is 3.52. The maximum Gasteiger partial charge on any atom is 0.253 e. The predicted octanol–water partition coefficient (Wildman–Crippen LogP) is 3.61. The summed E-state index contributed by atoms with van der Waals surface area (Å²) in [6, 6.07) is 8.16. The van der Waals surface area contributed by atoms with Gasteiger partial charge >= 0.3 is 0 Å². The van der Waals surface area contributed by atoms with Crippen molar-refractivity contribution in [3.63, 3.8) is 0 Å². The normalized spacial score (nSPS) is 10.5. The Kier molecular flexibility index (Phi) is 4.48. The molecule has 0 fully saturated rings. The van der Waals surface area contributed by atoms with Gasteiger partial charge in [0.1, 0.15) is 5.82 Å². The summed E-state index contributed by atoms with van der Waals surface area (Å²) in [5, 5.41) is 3.20. The molecule has 2 aromatic rings. The minimum atomic E-state index is -0.311. The van der Waals surface area contributed by atoms with E-state index in [0.717, 1.165) is 5.56 Å². The van der Waals surface area contributed by atoms with Gasteiger partial charge in [-0.1, -0.05) is 23.7 Å². The molecule has 0 saturated carbocycles. The van der Waals surface area contributed by atoms with Crippen LogP contribution in [0.1, 0.15) is 27.0 Å². The van der Waals surface area contributed by atoms with Crippen molar-refractivity contribution in [2.45, 2.75) is 20.4 Å². The zero-order valence-electron chi connectivity index (χ0n) is 11.8. The fraction of sp³-hybridized carbons (Fsp3) is 0.188. The number of hydrogen-bond donors (Lipinski definition) is 2. The predicted molar refractivity (Wildman–Crippen MR) is 82.9 cm³/mol. The van der Waals surface area contributed by atoms with E-state index in [9.17, 15) is 9.18 Å². The molecule has 0 bridgehead atoms. The highest BCUT2D eigenvalue weighted by atomic mass is 35.5. The van der Waals surface area contributed by atoms with Gasteiger partial charge in [-0.3, -0.25) is 4.79 Å². The maximum atomic E-state index is 13.6. The summed E-state index contributed by atoms with van der Waals surface area (Å²) >= 11 is 5.86. The first-order valence-corrected chi connectivity index (χ1v) is 6.85. The van der Waals surface area contributed by atoms with Crippen molar-refractivity contribution in [1.29, 1.82) is 0 Å². The first-order valence-electron chi connectivity index (χ1n) is 6.47. The van der Waals surface area contributed by atoms with Crippen LogP contribution in [0.5, 0.6) is 0 Å². The molecular weight excluding hydrogens is 291 g/mol. The highest BCUT2D eigenvalue weighted by molar-refractivity contribution is 6.31. The lowest BCUT2D eigenvalue weighted by Gasteiger charge is -2.10. The lowest BCUT2D eigenvalue weighted by molar-refractivity contribution is 0.0952. The number of hydrogen-bond acceptors (Lipinski definition) is 2. The molecule has 2 aromatic carbocycles. The summed E-state index contributed by atoms with van der Waals surface area (Å²) in [7, 11) is 0. The summed E-state index contributed by atoms with van der Waals surface area (Å²) < 4.78 is 13.6. The van der Waals surface area contributed by atoms with Crippen molar-refractivity contribution in [2.24, 2.45) is 0 Å². The molecule has 0 aliphatic heterocycles. The Balaban J connectivity index is 2.13. The van der Waals surface area contributed by atoms with Crippen LogP contribution >= 0.6 is 11.6 Å². The second kappa shape index (κ2) is 6.14. The molecule has 2 rings (SSSR count). The summed E-state index contributed by atoms with van der Waals surface area (Å²) in [4.78, 5) is 12.1. The molecule has 0 unspecified atom stereocenters. The van der Waals surface area contributed by atoms with Crippen LogP contribution in [0.25, 0.3) is 0 Å². The molecule has 1 amide bonds. The van der Waals surface area contributed by atoms with E-state index in [1.807, 2.05) is 0 Å². The number of nitrogen functional groups attached to an aromatic ring is 1. The van der Waals surface area contributed by atoms with E-state index < -0.39 is 0 Å². The van der Waals surface area contributed by atoms with Gasteiger partial charge in [-0.05, 0) is 48.7 Å². The third-order valence-corrected chi connectivity index (χ3v) is 3.44. The topological polar surface area (TPSA) is 55.1 Å². The number of rotatable bonds is 3. The van der Waals surface area contributed by atoms with E-state index in [2.05, 4.69) is 5.32 Å². The standard InChI is InChI=1S/C16H16ClFN2O/c1-9-5-11(6-10(2)15(9)18)8-20-16(21)13-7-12(17)3-4-14(13)19/h3-7H,8,19H2,1-2H3,(H,20,21). The highest BCUT2D eigenvalue weighted by Gasteiger charge is 2.11. The Labute approximate surface area is 127 Å². The number of carbonyl (C=O) groups excluding carboxylic acids is 1. The molecule has 0 atom stereocenters. The van der Waals surface area contributed by atoms with E-state index >= 15 is 0 Å². The number of nitrogens with one attached hydrogen (secondary N) is 1. The number of aryl methyl sites for hydroxylation is 2. The van der Waals surface area contributed by atoms with Crippen LogP contribution in [-0.2, 0) is 6.54 Å². The Morgan fingerprint density at radius 1 is 1.24 bits per heavy atom. The number of anilines is 1. The first-order chi connectivity index (χ1) is 9.88. The van der Waals surface area contributed by atoms with Crippen LogP contribution in [0, 0.1) is 19.7 Å². The first kappa shape index (κ1) is 15.3. The van der Waals surface area contributed by atoms with Crippen molar-refractivity contribution in [2.75, 3.05) is 5.73 Å². The lowest BCUT2D eigenvalue weighted by Crippen LogP contribution is -2.24. The average molecular weight is 307 g/mol. The van der Waals surface area contributed by atoms with Crippen LogP contribution in [0.3, 0.4) is 0 Å². The van der Waals surface area contributed by atoms with Crippen molar-refractivity contribution >= 4 is 23.2 Å². The summed E-state index contributed by atoms with van der Waals surface area (Å²) in [5.74, 6) is -0.529. The van der Waals surface area contributed by atoms with Crippen LogP contribution < -0.4 is 11.1 Å². The van der Waals surface area contributed by atoms with Crippen molar-refractivity contribution in [3.8, 4) is 0 Å². The van der Waals surface area contributed by atoms with Gasteiger partial charge in [-0.15, -0.1) is 0 Å². The van der Waals surface area contributed by atoms with Gasteiger partial charge in [0.05, 0.1) is 5.56 Å². The van der Waals surface area contributed by atoms with Crippen LogP contribution in [0.2, 0.25) is 5.02 Å². The average Bonchev–Trinajstić information content (AvgIpc) is 2.44. The number of benzene rings is 2. The van der Waals surface area contributed by atoms with E-state index in [-0.39, 0.29) is 11.7 Å². The summed E-state index contributed by atoms with van der Waals surface area (Å²) in [5.41, 5.74) is 8.40. The Bertz CT molecular complexity index is 678. The maximum absolute atomic E-state index is 13.6. The second-order valence-corrected chi connectivity index (χ2v) is 5.39. The summed E-state index contributed by atoms with van der Waals surface area (Å²) in [6.07, 6.45) is 0. The zero-order chi connectivity index (χ0) is 15.6. The molecule has 0 heterocycles. The number of carbonyl (C=O) groups is 1. The van der Waals surface area contributed by atoms with E-state index in [4.69, 9.17) is 17.3 Å². The third-order valence-electron chi connectivity index (χ3n) is 3.21. The SMILES string of the molecule is Cc1cc(CNC(=O)c2cc(Cl)ccc2N)cc(C)c1F. The molecule has 3 nitrogen and oxygen atoms in total. The molecule has 0 spiro atoms. The van der Waals surface area contributed by atoms with Gasteiger partial charge in [0.25, 0.3) is 5.91 Å². The van der Waals surface area contributed by atoms with Crippen LogP contribution in [0.15, 0.2) is 30.3 Å². The molecule has 110 valence electrons. The molecule has 3 N–H and O–H groups in total. The Hall–Kier alpha value is -2.07. The lowest BCUT2D eigenvalue weighted by atomic mass is 10.1.